The van der Waals surface area contributed by atoms with Gasteiger partial charge < -0.3 is 4.74 Å². The number of allylic oxidation sites excluding steroid dienone is 1. The van der Waals surface area contributed by atoms with Crippen molar-refractivity contribution in [1.82, 2.24) is 0 Å². The van der Waals surface area contributed by atoms with E-state index in [1.165, 1.54) is 6.92 Å². The number of hydrogen-bond donors (Lipinski definition) is 0. The van der Waals surface area contributed by atoms with Gasteiger partial charge in [0.25, 0.3) is 0 Å². The molecule has 0 aliphatic heterocycles. The first kappa shape index (κ1) is 13.8. The van der Waals surface area contributed by atoms with Crippen LogP contribution in [0.5, 0.6) is 0 Å². The molecule has 1 aromatic carbocycles. The van der Waals surface area contributed by atoms with E-state index in [-0.39, 0.29) is 12.2 Å². The molecule has 1 rings (SSSR count). The van der Waals surface area contributed by atoms with E-state index in [0.717, 1.165) is 6.08 Å². The van der Waals surface area contributed by atoms with Crippen LogP contribution in [-0.2, 0) is 14.3 Å². The second-order valence-corrected chi connectivity index (χ2v) is 3.56. The summed E-state index contributed by atoms with van der Waals surface area (Å²) in [5.41, 5.74) is 0.186. The summed E-state index contributed by atoms with van der Waals surface area (Å²) in [4.78, 5) is 34.6. The first-order valence-corrected chi connectivity index (χ1v) is 5.55. The third-order valence-corrected chi connectivity index (χ3v) is 2.21. The number of esters is 1. The summed E-state index contributed by atoms with van der Waals surface area (Å²) in [6.07, 6.45) is 1.02. The van der Waals surface area contributed by atoms with Gasteiger partial charge in [0, 0.05) is 11.6 Å². The Bertz CT molecular complexity index is 486. The number of hydrogen-bond acceptors (Lipinski definition) is 4. The SMILES string of the molecule is CCOC(=O)C(=CC(=O)c1ccccc1)C(C)=O. The summed E-state index contributed by atoms with van der Waals surface area (Å²) in [5, 5.41) is 0. The fourth-order valence-electron chi connectivity index (χ4n) is 1.33. The number of ketones is 2. The molecule has 0 bridgehead atoms. The van der Waals surface area contributed by atoms with Crippen molar-refractivity contribution in [3.63, 3.8) is 0 Å². The lowest BCUT2D eigenvalue weighted by atomic mass is 10.1. The van der Waals surface area contributed by atoms with Crippen LogP contribution in [0.1, 0.15) is 24.2 Å². The van der Waals surface area contributed by atoms with Crippen LogP contribution in [0, 0.1) is 0 Å². The van der Waals surface area contributed by atoms with E-state index in [0.29, 0.717) is 5.56 Å². The van der Waals surface area contributed by atoms with Gasteiger partial charge in [-0.3, -0.25) is 9.59 Å². The van der Waals surface area contributed by atoms with Crippen LogP contribution >= 0.6 is 0 Å². The number of rotatable bonds is 5. The Balaban J connectivity index is 3.00. The van der Waals surface area contributed by atoms with Crippen LogP contribution in [0.3, 0.4) is 0 Å². The minimum atomic E-state index is -0.769. The molecule has 0 aliphatic rings. The molecule has 0 aliphatic carbocycles. The Kier molecular flexibility index (Phi) is 4.99. The summed E-state index contributed by atoms with van der Waals surface area (Å²) in [5.74, 6) is -1.65. The molecule has 1 aromatic rings. The van der Waals surface area contributed by atoms with Crippen molar-refractivity contribution < 1.29 is 19.1 Å². The molecule has 18 heavy (non-hydrogen) atoms. The van der Waals surface area contributed by atoms with Crippen molar-refractivity contribution >= 4 is 17.5 Å². The van der Waals surface area contributed by atoms with Crippen LogP contribution in [0.4, 0.5) is 0 Å². The van der Waals surface area contributed by atoms with Gasteiger partial charge in [-0.25, -0.2) is 4.79 Å². The maximum Gasteiger partial charge on any atom is 0.341 e. The minimum absolute atomic E-state index is 0.156. The smallest absolute Gasteiger partial charge is 0.341 e. The molecular formula is C14H14O4. The zero-order valence-electron chi connectivity index (χ0n) is 10.3. The number of carbonyl (C=O) groups is 3. The van der Waals surface area contributed by atoms with Gasteiger partial charge in [0.2, 0.25) is 0 Å². The Morgan fingerprint density at radius 2 is 1.78 bits per heavy atom. The van der Waals surface area contributed by atoms with Crippen LogP contribution in [0.25, 0.3) is 0 Å². The third-order valence-electron chi connectivity index (χ3n) is 2.21. The predicted molar refractivity (Wildman–Crippen MR) is 66.2 cm³/mol. The first-order valence-electron chi connectivity index (χ1n) is 5.55. The standard InChI is InChI=1S/C14H14O4/c1-3-18-14(17)12(10(2)15)9-13(16)11-7-5-4-6-8-11/h4-9H,3H2,1-2H3. The van der Waals surface area contributed by atoms with E-state index in [9.17, 15) is 14.4 Å². The number of Topliss-reactive ketones (excluding diaryl/α,β-unsaturated/α-hetero) is 1. The van der Waals surface area contributed by atoms with Gasteiger partial charge in [-0.1, -0.05) is 30.3 Å². The van der Waals surface area contributed by atoms with Gasteiger partial charge in [0.15, 0.2) is 11.6 Å². The number of benzene rings is 1. The van der Waals surface area contributed by atoms with Crippen LogP contribution < -0.4 is 0 Å². The molecule has 0 N–H and O–H groups in total. The molecule has 0 spiro atoms. The Labute approximate surface area is 105 Å². The molecule has 0 radical (unpaired) electrons. The van der Waals surface area contributed by atoms with Crippen molar-refractivity contribution in [2.24, 2.45) is 0 Å². The highest BCUT2D eigenvalue weighted by Crippen LogP contribution is 2.06. The van der Waals surface area contributed by atoms with E-state index in [1.807, 2.05) is 0 Å². The van der Waals surface area contributed by atoms with E-state index in [1.54, 1.807) is 37.3 Å². The van der Waals surface area contributed by atoms with E-state index in [2.05, 4.69) is 0 Å². The summed E-state index contributed by atoms with van der Waals surface area (Å²) in [6, 6.07) is 8.42. The largest absolute Gasteiger partial charge is 0.462 e. The molecule has 0 saturated carbocycles. The van der Waals surface area contributed by atoms with Crippen LogP contribution in [0.15, 0.2) is 42.0 Å². The summed E-state index contributed by atoms with van der Waals surface area (Å²) in [6.45, 7) is 3.01. The van der Waals surface area contributed by atoms with Crippen LogP contribution in [-0.4, -0.2) is 24.1 Å². The lowest BCUT2D eigenvalue weighted by molar-refractivity contribution is -0.139. The van der Waals surface area contributed by atoms with Gasteiger partial charge in [0.05, 0.1) is 6.61 Å². The second kappa shape index (κ2) is 6.49. The average Bonchev–Trinajstić information content (AvgIpc) is 2.36. The third kappa shape index (κ3) is 3.66. The normalized spacial score (nSPS) is 10.9. The zero-order valence-corrected chi connectivity index (χ0v) is 10.3. The molecule has 0 heterocycles. The monoisotopic (exact) mass is 246 g/mol. The quantitative estimate of drug-likeness (QED) is 0.262. The molecule has 0 unspecified atom stereocenters. The maximum absolute atomic E-state index is 11.8. The van der Waals surface area contributed by atoms with Crippen molar-refractivity contribution in [3.8, 4) is 0 Å². The van der Waals surface area contributed by atoms with Crippen molar-refractivity contribution in [1.29, 1.82) is 0 Å². The van der Waals surface area contributed by atoms with Gasteiger partial charge >= 0.3 is 5.97 Å². The van der Waals surface area contributed by atoms with Gasteiger partial charge in [0.1, 0.15) is 5.57 Å². The Morgan fingerprint density at radius 3 is 2.28 bits per heavy atom. The number of ether oxygens (including phenoxy) is 1. The lowest BCUT2D eigenvalue weighted by Crippen LogP contribution is -2.15. The van der Waals surface area contributed by atoms with E-state index >= 15 is 0 Å². The first-order chi connectivity index (χ1) is 8.56. The molecule has 94 valence electrons. The lowest BCUT2D eigenvalue weighted by Gasteiger charge is -2.03. The Hall–Kier alpha value is -2.23. The van der Waals surface area contributed by atoms with Crippen molar-refractivity contribution in [2.75, 3.05) is 6.61 Å². The molecule has 0 fully saturated rings. The molecule has 0 aromatic heterocycles. The topological polar surface area (TPSA) is 60.4 Å². The highest BCUT2D eigenvalue weighted by molar-refractivity contribution is 6.21. The summed E-state index contributed by atoms with van der Waals surface area (Å²) >= 11 is 0. The molecule has 0 saturated heterocycles. The fourth-order valence-corrected chi connectivity index (χ4v) is 1.33. The minimum Gasteiger partial charge on any atom is -0.462 e. The van der Waals surface area contributed by atoms with Crippen molar-refractivity contribution in [2.45, 2.75) is 13.8 Å². The maximum atomic E-state index is 11.8. The van der Waals surface area contributed by atoms with Gasteiger partial charge in [-0.2, -0.15) is 0 Å². The van der Waals surface area contributed by atoms with Gasteiger partial charge in [-0.15, -0.1) is 0 Å². The predicted octanol–water partition coefficient (Wildman–Crippen LogP) is 1.95. The fraction of sp³-hybridized carbons (Fsp3) is 0.214. The van der Waals surface area contributed by atoms with Gasteiger partial charge in [-0.05, 0) is 13.8 Å². The molecule has 4 heteroatoms. The number of carbonyl (C=O) groups excluding carboxylic acids is 3. The molecule has 4 nitrogen and oxygen atoms in total. The van der Waals surface area contributed by atoms with Crippen LogP contribution in [0.2, 0.25) is 0 Å². The van der Waals surface area contributed by atoms with E-state index < -0.39 is 17.5 Å². The molecule has 0 atom stereocenters. The molecule has 0 amide bonds. The Morgan fingerprint density at radius 1 is 1.17 bits per heavy atom. The highest BCUT2D eigenvalue weighted by atomic mass is 16.5. The molecular weight excluding hydrogens is 232 g/mol. The summed E-state index contributed by atoms with van der Waals surface area (Å²) < 4.78 is 4.72. The van der Waals surface area contributed by atoms with Crippen molar-refractivity contribution in [3.05, 3.63) is 47.5 Å². The average molecular weight is 246 g/mol. The second-order valence-electron chi connectivity index (χ2n) is 3.56. The highest BCUT2D eigenvalue weighted by Gasteiger charge is 2.17. The van der Waals surface area contributed by atoms with E-state index in [4.69, 9.17) is 4.74 Å². The zero-order chi connectivity index (χ0) is 13.5. The summed E-state index contributed by atoms with van der Waals surface area (Å²) in [7, 11) is 0.